The lowest BCUT2D eigenvalue weighted by molar-refractivity contribution is 0.0314. The van der Waals surface area contributed by atoms with Gasteiger partial charge in [0.25, 0.3) is 0 Å². The standard InChI is InChI=1S/C17H21FN4O2/c18-15-2-1-13(10-19)9-16(15)20-17(23)22-4-3-14(12-22)11-21-5-7-24-8-6-21/h1-2,9,14H,3-8,11-12H2,(H,20,23). The molecule has 7 heteroatoms. The SMILES string of the molecule is N#Cc1ccc(F)c(NC(=O)N2CCC(CN3CCOCC3)C2)c1. The average molecular weight is 332 g/mol. The van der Waals surface area contributed by atoms with E-state index in [1.165, 1.54) is 18.2 Å². The summed E-state index contributed by atoms with van der Waals surface area (Å²) < 4.78 is 19.1. The lowest BCUT2D eigenvalue weighted by atomic mass is 10.1. The number of rotatable bonds is 3. The van der Waals surface area contributed by atoms with Crippen molar-refractivity contribution in [1.82, 2.24) is 9.80 Å². The number of amides is 2. The van der Waals surface area contributed by atoms with Gasteiger partial charge in [-0.3, -0.25) is 4.90 Å². The number of carbonyl (C=O) groups is 1. The summed E-state index contributed by atoms with van der Waals surface area (Å²) in [5.41, 5.74) is 0.369. The zero-order valence-electron chi connectivity index (χ0n) is 13.5. The van der Waals surface area contributed by atoms with E-state index in [0.717, 1.165) is 39.3 Å². The maximum absolute atomic E-state index is 13.8. The van der Waals surface area contributed by atoms with Crippen molar-refractivity contribution < 1.29 is 13.9 Å². The molecule has 2 heterocycles. The van der Waals surface area contributed by atoms with Gasteiger partial charge < -0.3 is 15.0 Å². The fourth-order valence-corrected chi connectivity index (χ4v) is 3.20. The Hall–Kier alpha value is -2.17. The fraction of sp³-hybridized carbons (Fsp3) is 0.529. The predicted octanol–water partition coefficient (Wildman–Crippen LogP) is 1.88. The van der Waals surface area contributed by atoms with Crippen molar-refractivity contribution >= 4 is 11.7 Å². The summed E-state index contributed by atoms with van der Waals surface area (Å²) in [6.45, 7) is 5.72. The van der Waals surface area contributed by atoms with E-state index < -0.39 is 5.82 Å². The lowest BCUT2D eigenvalue weighted by Gasteiger charge is -2.29. The topological polar surface area (TPSA) is 68.6 Å². The molecule has 0 spiro atoms. The molecule has 24 heavy (non-hydrogen) atoms. The Bertz CT molecular complexity index is 640. The van der Waals surface area contributed by atoms with Gasteiger partial charge in [-0.25, -0.2) is 9.18 Å². The van der Waals surface area contributed by atoms with Crippen molar-refractivity contribution in [2.75, 3.05) is 51.3 Å². The Labute approximate surface area is 140 Å². The van der Waals surface area contributed by atoms with Gasteiger partial charge in [0, 0.05) is 32.7 Å². The van der Waals surface area contributed by atoms with Crippen LogP contribution in [0.5, 0.6) is 0 Å². The van der Waals surface area contributed by atoms with E-state index in [2.05, 4.69) is 10.2 Å². The highest BCUT2D eigenvalue weighted by molar-refractivity contribution is 5.89. The molecule has 3 rings (SSSR count). The normalized spacial score (nSPS) is 21.5. The van der Waals surface area contributed by atoms with Crippen LogP contribution in [0.3, 0.4) is 0 Å². The van der Waals surface area contributed by atoms with Crippen LogP contribution >= 0.6 is 0 Å². The number of likely N-dealkylation sites (tertiary alicyclic amines) is 1. The van der Waals surface area contributed by atoms with E-state index in [-0.39, 0.29) is 11.7 Å². The van der Waals surface area contributed by atoms with Crippen LogP contribution in [0.4, 0.5) is 14.9 Å². The number of anilines is 1. The van der Waals surface area contributed by atoms with Crippen LogP contribution in [0.15, 0.2) is 18.2 Å². The molecule has 2 aliphatic rings. The van der Waals surface area contributed by atoms with Crippen molar-refractivity contribution in [3.05, 3.63) is 29.6 Å². The van der Waals surface area contributed by atoms with Crippen LogP contribution in [0, 0.1) is 23.1 Å². The first-order chi connectivity index (χ1) is 11.7. The Kier molecular flexibility index (Phi) is 5.28. The molecule has 2 fully saturated rings. The van der Waals surface area contributed by atoms with Gasteiger partial charge in [0.1, 0.15) is 5.82 Å². The van der Waals surface area contributed by atoms with Gasteiger partial charge in [0.05, 0.1) is 30.5 Å². The molecular formula is C17H21FN4O2. The molecule has 1 atom stereocenters. The molecule has 1 N–H and O–H groups in total. The summed E-state index contributed by atoms with van der Waals surface area (Å²) in [4.78, 5) is 16.4. The summed E-state index contributed by atoms with van der Waals surface area (Å²) in [5, 5.41) is 11.5. The highest BCUT2D eigenvalue weighted by Gasteiger charge is 2.28. The summed E-state index contributed by atoms with van der Waals surface area (Å²) >= 11 is 0. The van der Waals surface area contributed by atoms with Gasteiger partial charge >= 0.3 is 6.03 Å². The molecule has 1 aromatic rings. The molecule has 0 bridgehead atoms. The van der Waals surface area contributed by atoms with Crippen molar-refractivity contribution in [3.63, 3.8) is 0 Å². The van der Waals surface area contributed by atoms with Crippen LogP contribution < -0.4 is 5.32 Å². The van der Waals surface area contributed by atoms with Crippen molar-refractivity contribution in [2.45, 2.75) is 6.42 Å². The number of nitrogens with zero attached hydrogens (tertiary/aromatic N) is 3. The zero-order chi connectivity index (χ0) is 16.9. The molecule has 1 unspecified atom stereocenters. The smallest absolute Gasteiger partial charge is 0.321 e. The number of carbonyl (C=O) groups excluding carboxylic acids is 1. The average Bonchev–Trinajstić information content (AvgIpc) is 3.06. The predicted molar refractivity (Wildman–Crippen MR) is 87.1 cm³/mol. The first-order valence-corrected chi connectivity index (χ1v) is 8.21. The second-order valence-electron chi connectivity index (χ2n) is 6.25. The van der Waals surface area contributed by atoms with Crippen LogP contribution in [-0.4, -0.2) is 61.8 Å². The van der Waals surface area contributed by atoms with Gasteiger partial charge in [0.2, 0.25) is 0 Å². The number of ether oxygens (including phenoxy) is 1. The number of hydrogen-bond donors (Lipinski definition) is 1. The highest BCUT2D eigenvalue weighted by Crippen LogP contribution is 2.21. The summed E-state index contributed by atoms with van der Waals surface area (Å²) in [5.74, 6) is -0.101. The van der Waals surface area contributed by atoms with Crippen LogP contribution in [0.1, 0.15) is 12.0 Å². The van der Waals surface area contributed by atoms with Crippen molar-refractivity contribution in [1.29, 1.82) is 5.26 Å². The van der Waals surface area contributed by atoms with Gasteiger partial charge in [-0.15, -0.1) is 0 Å². The van der Waals surface area contributed by atoms with Crippen molar-refractivity contribution in [3.8, 4) is 6.07 Å². The third-order valence-electron chi connectivity index (χ3n) is 4.53. The number of nitriles is 1. The van der Waals surface area contributed by atoms with Crippen LogP contribution in [-0.2, 0) is 4.74 Å². The van der Waals surface area contributed by atoms with E-state index in [0.29, 0.717) is 24.6 Å². The molecule has 0 aliphatic carbocycles. The number of nitrogens with one attached hydrogen (secondary N) is 1. The van der Waals surface area contributed by atoms with Gasteiger partial charge in [0.15, 0.2) is 0 Å². The van der Waals surface area contributed by atoms with Crippen LogP contribution in [0.25, 0.3) is 0 Å². The fourth-order valence-electron chi connectivity index (χ4n) is 3.20. The third kappa shape index (κ3) is 4.02. The Morgan fingerprint density at radius 3 is 2.92 bits per heavy atom. The number of urea groups is 1. The van der Waals surface area contributed by atoms with Crippen LogP contribution in [0.2, 0.25) is 0 Å². The van der Waals surface area contributed by atoms with E-state index in [1.54, 1.807) is 4.90 Å². The molecule has 0 aromatic heterocycles. The summed E-state index contributed by atoms with van der Waals surface area (Å²) in [6.07, 6.45) is 0.950. The largest absolute Gasteiger partial charge is 0.379 e. The monoisotopic (exact) mass is 332 g/mol. The molecule has 2 amide bonds. The van der Waals surface area contributed by atoms with Crippen molar-refractivity contribution in [2.24, 2.45) is 5.92 Å². The molecule has 2 saturated heterocycles. The molecule has 128 valence electrons. The number of hydrogen-bond acceptors (Lipinski definition) is 4. The van der Waals surface area contributed by atoms with Gasteiger partial charge in [-0.2, -0.15) is 5.26 Å². The van der Waals surface area contributed by atoms with Gasteiger partial charge in [-0.1, -0.05) is 0 Å². The minimum absolute atomic E-state index is 0.0516. The van der Waals surface area contributed by atoms with Gasteiger partial charge in [-0.05, 0) is 30.5 Å². The third-order valence-corrected chi connectivity index (χ3v) is 4.53. The minimum atomic E-state index is -0.536. The van der Waals surface area contributed by atoms with E-state index in [9.17, 15) is 9.18 Å². The molecule has 0 saturated carbocycles. The second kappa shape index (κ2) is 7.60. The molecule has 0 radical (unpaired) electrons. The first kappa shape index (κ1) is 16.7. The number of morpholine rings is 1. The summed E-state index contributed by atoms with van der Waals surface area (Å²) in [7, 11) is 0. The Morgan fingerprint density at radius 1 is 1.38 bits per heavy atom. The quantitative estimate of drug-likeness (QED) is 0.918. The zero-order valence-corrected chi connectivity index (χ0v) is 13.5. The highest BCUT2D eigenvalue weighted by atomic mass is 19.1. The molecule has 1 aromatic carbocycles. The summed E-state index contributed by atoms with van der Waals surface area (Å²) in [6, 6.07) is 5.57. The number of halogens is 1. The molecular weight excluding hydrogens is 311 g/mol. The Balaban J connectivity index is 1.54. The van der Waals surface area contributed by atoms with E-state index in [4.69, 9.17) is 10.00 Å². The Morgan fingerprint density at radius 2 is 2.17 bits per heavy atom. The molecule has 2 aliphatic heterocycles. The minimum Gasteiger partial charge on any atom is -0.379 e. The van der Waals surface area contributed by atoms with E-state index in [1.807, 2.05) is 6.07 Å². The molecule has 6 nitrogen and oxygen atoms in total. The lowest BCUT2D eigenvalue weighted by Crippen LogP contribution is -2.40. The maximum Gasteiger partial charge on any atom is 0.321 e. The number of benzene rings is 1. The van der Waals surface area contributed by atoms with E-state index >= 15 is 0 Å². The second-order valence-corrected chi connectivity index (χ2v) is 6.25. The maximum atomic E-state index is 13.8. The first-order valence-electron chi connectivity index (χ1n) is 8.21.